The van der Waals surface area contributed by atoms with Gasteiger partial charge in [-0.2, -0.15) is 0 Å². The number of unbranched alkanes of at least 4 members (excludes halogenated alkanes) is 20. The van der Waals surface area contributed by atoms with Crippen molar-refractivity contribution in [2.45, 2.75) is 251 Å². The second-order valence-corrected chi connectivity index (χ2v) is 16.8. The largest absolute Gasteiger partial charge is 0.462 e. The minimum absolute atomic E-state index is 0.0469. The molecular formula is C54H95NO5. The predicted molar refractivity (Wildman–Crippen MR) is 259 cm³/mol. The van der Waals surface area contributed by atoms with Crippen LogP contribution in [0.3, 0.4) is 0 Å². The quantitative estimate of drug-likeness (QED) is 0.0323. The summed E-state index contributed by atoms with van der Waals surface area (Å²) in [6.07, 6.45) is 59.6. The molecule has 1 amide bonds. The highest BCUT2D eigenvalue weighted by Crippen LogP contribution is 2.17. The van der Waals surface area contributed by atoms with Crippen LogP contribution in [0.1, 0.15) is 233 Å². The topological polar surface area (TPSA) is 95.9 Å². The number of hydrogen-bond acceptors (Lipinski definition) is 5. The smallest absolute Gasteiger partial charge is 0.306 e. The molecule has 0 aromatic heterocycles. The number of carbonyl (C=O) groups is 2. The zero-order chi connectivity index (χ0) is 43.8. The average Bonchev–Trinajstić information content (AvgIpc) is 3.24. The maximum atomic E-state index is 13.2. The van der Waals surface area contributed by atoms with Gasteiger partial charge in [-0.1, -0.05) is 203 Å². The van der Waals surface area contributed by atoms with E-state index < -0.39 is 18.2 Å². The standard InChI is InChI=1S/C54H95NO5/c1-4-7-10-13-16-19-22-24-25-26-27-29-32-35-38-41-44-47-54(59)60-50(45-42-39-36-33-31-28-23-20-17-14-11-8-5-2)48-53(58)55-51(49-56)52(57)46-43-40-37-34-30-21-18-15-12-9-6-3/h7,10,16,19-20,23-25,27,29,35,38,50-52,56-57H,4-6,8-9,11-15,17-18,21-22,26,28,30-34,36-37,39-49H2,1-3H3,(H,55,58)/b10-7-,19-16-,23-20-,25-24-,29-27-,38-35-. The fraction of sp³-hybridized carbons (Fsp3) is 0.741. The van der Waals surface area contributed by atoms with Crippen LogP contribution in [0.2, 0.25) is 0 Å². The van der Waals surface area contributed by atoms with E-state index in [4.69, 9.17) is 4.74 Å². The fourth-order valence-corrected chi connectivity index (χ4v) is 7.22. The number of ether oxygens (including phenoxy) is 1. The van der Waals surface area contributed by atoms with Crippen molar-refractivity contribution >= 4 is 11.9 Å². The Morgan fingerprint density at radius 1 is 0.500 bits per heavy atom. The number of nitrogens with one attached hydrogen (secondary N) is 1. The van der Waals surface area contributed by atoms with Crippen molar-refractivity contribution in [2.75, 3.05) is 6.61 Å². The summed E-state index contributed by atoms with van der Waals surface area (Å²) in [5.41, 5.74) is 0. The van der Waals surface area contributed by atoms with Gasteiger partial charge < -0.3 is 20.3 Å². The van der Waals surface area contributed by atoms with Crippen LogP contribution in [0.25, 0.3) is 0 Å². The van der Waals surface area contributed by atoms with Gasteiger partial charge >= 0.3 is 5.97 Å². The molecule has 346 valence electrons. The monoisotopic (exact) mass is 838 g/mol. The first kappa shape index (κ1) is 57.3. The third-order valence-electron chi connectivity index (χ3n) is 11.0. The first-order chi connectivity index (χ1) is 29.5. The Hall–Kier alpha value is -2.70. The van der Waals surface area contributed by atoms with E-state index in [2.05, 4.69) is 99.0 Å². The first-order valence-electron chi connectivity index (χ1n) is 25.2. The van der Waals surface area contributed by atoms with Gasteiger partial charge in [-0.3, -0.25) is 9.59 Å². The Morgan fingerprint density at radius 2 is 0.900 bits per heavy atom. The van der Waals surface area contributed by atoms with Gasteiger partial charge in [0.25, 0.3) is 0 Å². The van der Waals surface area contributed by atoms with E-state index in [1.54, 1.807) is 0 Å². The summed E-state index contributed by atoms with van der Waals surface area (Å²) in [6, 6.07) is -0.717. The van der Waals surface area contributed by atoms with Gasteiger partial charge in [0.1, 0.15) is 6.10 Å². The number of allylic oxidation sites excluding steroid dienone is 12. The molecule has 0 aliphatic heterocycles. The third-order valence-corrected chi connectivity index (χ3v) is 11.0. The number of amides is 1. The maximum Gasteiger partial charge on any atom is 0.306 e. The average molecular weight is 838 g/mol. The van der Waals surface area contributed by atoms with E-state index in [1.165, 1.54) is 96.3 Å². The molecule has 0 saturated carbocycles. The Bertz CT molecular complexity index is 1120. The Balaban J connectivity index is 4.69. The summed E-state index contributed by atoms with van der Waals surface area (Å²) in [6.45, 7) is 6.33. The highest BCUT2D eigenvalue weighted by molar-refractivity contribution is 5.77. The molecule has 60 heavy (non-hydrogen) atoms. The number of aliphatic hydroxyl groups excluding tert-OH is 2. The molecule has 6 heteroatoms. The van der Waals surface area contributed by atoms with Crippen LogP contribution < -0.4 is 5.32 Å². The first-order valence-corrected chi connectivity index (χ1v) is 25.2. The van der Waals surface area contributed by atoms with Gasteiger partial charge in [-0.05, 0) is 89.9 Å². The van der Waals surface area contributed by atoms with Crippen molar-refractivity contribution in [3.63, 3.8) is 0 Å². The second-order valence-electron chi connectivity index (χ2n) is 16.8. The fourth-order valence-electron chi connectivity index (χ4n) is 7.22. The summed E-state index contributed by atoms with van der Waals surface area (Å²) < 4.78 is 5.89. The lowest BCUT2D eigenvalue weighted by Gasteiger charge is -2.24. The normalized spacial score (nSPS) is 13.9. The van der Waals surface area contributed by atoms with Crippen molar-refractivity contribution in [1.82, 2.24) is 5.32 Å². The molecule has 0 aliphatic rings. The lowest BCUT2D eigenvalue weighted by atomic mass is 10.0. The zero-order valence-electron chi connectivity index (χ0n) is 39.3. The highest BCUT2D eigenvalue weighted by Gasteiger charge is 2.24. The van der Waals surface area contributed by atoms with Crippen molar-refractivity contribution in [3.8, 4) is 0 Å². The van der Waals surface area contributed by atoms with Crippen molar-refractivity contribution in [1.29, 1.82) is 0 Å². The number of carbonyl (C=O) groups excluding carboxylic acids is 2. The van der Waals surface area contributed by atoms with E-state index in [0.717, 1.165) is 83.5 Å². The lowest BCUT2D eigenvalue weighted by molar-refractivity contribution is -0.151. The van der Waals surface area contributed by atoms with E-state index in [0.29, 0.717) is 25.7 Å². The van der Waals surface area contributed by atoms with E-state index in [-0.39, 0.29) is 24.9 Å². The van der Waals surface area contributed by atoms with Crippen LogP contribution in [0.15, 0.2) is 72.9 Å². The molecule has 0 heterocycles. The Labute approximate surface area is 371 Å². The van der Waals surface area contributed by atoms with Gasteiger partial charge in [0.15, 0.2) is 0 Å². The van der Waals surface area contributed by atoms with Crippen LogP contribution >= 0.6 is 0 Å². The molecule has 0 spiro atoms. The molecule has 0 aliphatic carbocycles. The maximum absolute atomic E-state index is 13.2. The minimum Gasteiger partial charge on any atom is -0.462 e. The van der Waals surface area contributed by atoms with Crippen molar-refractivity contribution < 1.29 is 24.5 Å². The molecule has 3 atom stereocenters. The van der Waals surface area contributed by atoms with E-state index in [9.17, 15) is 19.8 Å². The number of hydrogen-bond donors (Lipinski definition) is 3. The minimum atomic E-state index is -0.801. The SMILES string of the molecule is CC/C=C\C/C=C\C/C=C\C/C=C\C/C=C\CCCC(=O)OC(CCCCCCC/C=C\CCCCCC)CC(=O)NC(CO)C(O)CCCCCCCCCCCCC. The molecule has 0 saturated heterocycles. The van der Waals surface area contributed by atoms with Crippen molar-refractivity contribution in [3.05, 3.63) is 72.9 Å². The van der Waals surface area contributed by atoms with Gasteiger partial charge in [0, 0.05) is 6.42 Å². The molecule has 3 N–H and O–H groups in total. The highest BCUT2D eigenvalue weighted by atomic mass is 16.5. The number of esters is 1. The molecule has 0 aromatic rings. The van der Waals surface area contributed by atoms with E-state index >= 15 is 0 Å². The van der Waals surface area contributed by atoms with Crippen molar-refractivity contribution in [2.24, 2.45) is 0 Å². The summed E-state index contributed by atoms with van der Waals surface area (Å²) in [5, 5.41) is 23.7. The number of aliphatic hydroxyl groups is 2. The van der Waals surface area contributed by atoms with Gasteiger partial charge in [-0.15, -0.1) is 0 Å². The third kappa shape index (κ3) is 42.0. The van der Waals surface area contributed by atoms with Crippen LogP contribution in [0.4, 0.5) is 0 Å². The van der Waals surface area contributed by atoms with Crippen LogP contribution in [0.5, 0.6) is 0 Å². The number of rotatable bonds is 44. The predicted octanol–water partition coefficient (Wildman–Crippen LogP) is 15.0. The molecule has 0 rings (SSSR count). The molecule has 0 radical (unpaired) electrons. The molecule has 0 fully saturated rings. The Kier molecular flexibility index (Phi) is 45.2. The molecule has 3 unspecified atom stereocenters. The summed E-state index contributed by atoms with van der Waals surface area (Å²) in [4.78, 5) is 26.1. The van der Waals surface area contributed by atoms with Gasteiger partial charge in [0.2, 0.25) is 5.91 Å². The molecule has 0 bridgehead atoms. The molecular weight excluding hydrogens is 743 g/mol. The summed E-state index contributed by atoms with van der Waals surface area (Å²) >= 11 is 0. The molecule has 6 nitrogen and oxygen atoms in total. The van der Waals surface area contributed by atoms with Gasteiger partial charge in [0.05, 0.1) is 25.2 Å². The van der Waals surface area contributed by atoms with E-state index in [1.807, 2.05) is 0 Å². The zero-order valence-corrected chi connectivity index (χ0v) is 39.3. The summed E-state index contributed by atoms with van der Waals surface area (Å²) in [7, 11) is 0. The summed E-state index contributed by atoms with van der Waals surface area (Å²) in [5.74, 6) is -0.554. The van der Waals surface area contributed by atoms with Crippen LogP contribution in [0, 0.1) is 0 Å². The van der Waals surface area contributed by atoms with Gasteiger partial charge in [-0.25, -0.2) is 0 Å². The lowest BCUT2D eigenvalue weighted by Crippen LogP contribution is -2.46. The molecule has 0 aromatic carbocycles. The Morgan fingerprint density at radius 3 is 1.40 bits per heavy atom. The van der Waals surface area contributed by atoms with Crippen LogP contribution in [-0.2, 0) is 14.3 Å². The second kappa shape index (κ2) is 47.4. The van der Waals surface area contributed by atoms with Crippen LogP contribution in [-0.4, -0.2) is 46.9 Å².